The molecular weight excluding hydrogens is 257 g/mol. The lowest BCUT2D eigenvalue weighted by Crippen LogP contribution is -2.03. The normalized spacial score (nSPS) is 10.6. The van der Waals surface area contributed by atoms with Crippen molar-refractivity contribution < 1.29 is 19.3 Å². The van der Waals surface area contributed by atoms with Gasteiger partial charge < -0.3 is 14.9 Å². The molecule has 0 amide bonds. The lowest BCUT2D eigenvalue weighted by atomic mass is 10.1. The molecule has 0 spiro atoms. The van der Waals surface area contributed by atoms with Crippen LogP contribution in [0.25, 0.3) is 0 Å². The van der Waals surface area contributed by atoms with Crippen LogP contribution in [0.5, 0.6) is 5.75 Å². The van der Waals surface area contributed by atoms with Gasteiger partial charge in [-0.15, -0.1) is 11.3 Å². The van der Waals surface area contributed by atoms with Crippen LogP contribution in [0.2, 0.25) is 0 Å². The van der Waals surface area contributed by atoms with E-state index >= 15 is 0 Å². The van der Waals surface area contributed by atoms with Crippen molar-refractivity contribution in [1.82, 2.24) is 4.98 Å². The van der Waals surface area contributed by atoms with Crippen molar-refractivity contribution in [2.45, 2.75) is 19.8 Å². The average Bonchev–Trinajstić information content (AvgIpc) is 2.89. The van der Waals surface area contributed by atoms with Crippen LogP contribution < -0.4 is 4.74 Å². The van der Waals surface area contributed by atoms with Crippen LogP contribution in [-0.4, -0.2) is 15.2 Å². The van der Waals surface area contributed by atoms with Crippen molar-refractivity contribution in [2.75, 3.05) is 0 Å². The summed E-state index contributed by atoms with van der Waals surface area (Å²) in [6, 6.07) is 2.38. The van der Waals surface area contributed by atoms with Crippen LogP contribution in [0.3, 0.4) is 0 Å². The number of aromatic nitrogens is 1. The van der Waals surface area contributed by atoms with Gasteiger partial charge in [-0.2, -0.15) is 0 Å². The second-order valence-electron chi connectivity index (χ2n) is 3.58. The molecule has 2 rings (SSSR count). The van der Waals surface area contributed by atoms with Crippen LogP contribution in [0.1, 0.15) is 16.1 Å². The highest BCUT2D eigenvalue weighted by atomic mass is 32.1. The smallest absolute Gasteiger partial charge is 0.140 e. The maximum Gasteiger partial charge on any atom is 0.140 e. The number of benzene rings is 1. The second kappa shape index (κ2) is 5.90. The Hall–Kier alpha value is -1.50. The minimum absolute atomic E-state index is 0.225. The van der Waals surface area contributed by atoms with Gasteiger partial charge in [0.25, 0.3) is 0 Å². The van der Waals surface area contributed by atoms with Gasteiger partial charge in [0.1, 0.15) is 23.2 Å². The van der Waals surface area contributed by atoms with E-state index in [4.69, 9.17) is 4.74 Å². The number of rotatable bonds is 5. The topological polar surface area (TPSA) is 62.6 Å². The molecule has 2 aromatic rings. The summed E-state index contributed by atoms with van der Waals surface area (Å²) in [5.74, 6) is -0.193. The highest BCUT2D eigenvalue weighted by Crippen LogP contribution is 2.27. The van der Waals surface area contributed by atoms with E-state index in [1.807, 2.05) is 5.38 Å². The van der Waals surface area contributed by atoms with Crippen LogP contribution in [0.15, 0.2) is 23.7 Å². The third-order valence-corrected chi connectivity index (χ3v) is 3.12. The molecule has 0 unspecified atom stereocenters. The highest BCUT2D eigenvalue weighted by Gasteiger charge is 2.12. The van der Waals surface area contributed by atoms with E-state index < -0.39 is 5.82 Å². The van der Waals surface area contributed by atoms with Crippen molar-refractivity contribution in [3.8, 4) is 5.75 Å². The predicted octanol–water partition coefficient (Wildman–Crippen LogP) is 1.85. The Labute approximate surface area is 107 Å². The Balaban J connectivity index is 2.24. The van der Waals surface area contributed by atoms with Crippen molar-refractivity contribution in [3.63, 3.8) is 0 Å². The molecule has 0 radical (unpaired) electrons. The van der Waals surface area contributed by atoms with E-state index in [1.54, 1.807) is 6.20 Å². The number of aliphatic hydroxyl groups excluding tert-OH is 2. The summed E-state index contributed by atoms with van der Waals surface area (Å²) in [6.45, 7) is -0.473. The molecule has 0 fully saturated rings. The molecule has 1 heterocycles. The Morgan fingerprint density at radius 2 is 1.89 bits per heavy atom. The fourth-order valence-electron chi connectivity index (χ4n) is 1.59. The molecule has 2 N–H and O–H groups in total. The molecule has 0 saturated heterocycles. The molecule has 0 aliphatic rings. The number of thiazole rings is 1. The third-order valence-electron chi connectivity index (χ3n) is 2.37. The van der Waals surface area contributed by atoms with Gasteiger partial charge in [0.05, 0.1) is 13.2 Å². The first-order chi connectivity index (χ1) is 8.74. The zero-order valence-electron chi connectivity index (χ0n) is 9.47. The Morgan fingerprint density at radius 3 is 2.39 bits per heavy atom. The summed E-state index contributed by atoms with van der Waals surface area (Å²) in [6.07, 6.45) is 1.66. The predicted molar refractivity (Wildman–Crippen MR) is 64.7 cm³/mol. The number of hydrogen-bond donors (Lipinski definition) is 2. The molecule has 0 bridgehead atoms. The van der Waals surface area contributed by atoms with E-state index in [1.165, 1.54) is 23.5 Å². The van der Waals surface area contributed by atoms with Gasteiger partial charge in [-0.3, -0.25) is 0 Å². The molecule has 1 aromatic carbocycles. The lowest BCUT2D eigenvalue weighted by Gasteiger charge is -2.13. The molecule has 0 aliphatic heterocycles. The summed E-state index contributed by atoms with van der Waals surface area (Å²) in [5, 5.41) is 21.0. The van der Waals surface area contributed by atoms with Crippen molar-refractivity contribution in [3.05, 3.63) is 45.7 Å². The first kappa shape index (κ1) is 12.9. The zero-order valence-corrected chi connectivity index (χ0v) is 10.3. The minimum Gasteiger partial charge on any atom is -0.486 e. The summed E-state index contributed by atoms with van der Waals surface area (Å²) < 4.78 is 18.7. The fourth-order valence-corrected chi connectivity index (χ4v) is 2.12. The van der Waals surface area contributed by atoms with Gasteiger partial charge in [-0.25, -0.2) is 9.37 Å². The van der Waals surface area contributed by atoms with E-state index in [0.29, 0.717) is 16.9 Å². The Morgan fingerprint density at radius 1 is 1.22 bits per heavy atom. The van der Waals surface area contributed by atoms with Gasteiger partial charge in [-0.05, 0) is 12.1 Å². The molecule has 18 heavy (non-hydrogen) atoms. The number of hydrogen-bond acceptors (Lipinski definition) is 5. The van der Waals surface area contributed by atoms with Gasteiger partial charge >= 0.3 is 0 Å². The molecule has 0 atom stereocenters. The van der Waals surface area contributed by atoms with Gasteiger partial charge in [0, 0.05) is 22.7 Å². The molecule has 6 heteroatoms. The van der Waals surface area contributed by atoms with Crippen LogP contribution in [0.4, 0.5) is 4.39 Å². The molecule has 0 aliphatic carbocycles. The maximum absolute atomic E-state index is 13.2. The van der Waals surface area contributed by atoms with Gasteiger partial charge in [0.2, 0.25) is 0 Å². The lowest BCUT2D eigenvalue weighted by molar-refractivity contribution is 0.241. The van der Waals surface area contributed by atoms with Crippen LogP contribution >= 0.6 is 11.3 Å². The summed E-state index contributed by atoms with van der Waals surface area (Å²) >= 11 is 1.44. The van der Waals surface area contributed by atoms with Crippen molar-refractivity contribution >= 4 is 11.3 Å². The number of ether oxygens (including phenoxy) is 1. The van der Waals surface area contributed by atoms with Gasteiger partial charge in [-0.1, -0.05) is 0 Å². The second-order valence-corrected chi connectivity index (χ2v) is 4.56. The molecule has 1 aromatic heterocycles. The van der Waals surface area contributed by atoms with E-state index in [2.05, 4.69) is 4.98 Å². The Bertz CT molecular complexity index is 491. The van der Waals surface area contributed by atoms with E-state index in [9.17, 15) is 14.6 Å². The average molecular weight is 269 g/mol. The fraction of sp³-hybridized carbons (Fsp3) is 0.250. The molecule has 0 saturated carbocycles. The molecule has 4 nitrogen and oxygen atoms in total. The maximum atomic E-state index is 13.2. The standard InChI is InChI=1S/C12H12FNO3S/c13-10-3-8(5-15)12(9(4-10)6-16)17-7-11-14-1-2-18-11/h1-4,15-16H,5-7H2. The van der Waals surface area contributed by atoms with Crippen LogP contribution in [-0.2, 0) is 19.8 Å². The molecule has 96 valence electrons. The molecular formula is C12H12FNO3S. The monoisotopic (exact) mass is 269 g/mol. The zero-order chi connectivity index (χ0) is 13.0. The number of halogens is 1. The van der Waals surface area contributed by atoms with Crippen molar-refractivity contribution in [2.24, 2.45) is 0 Å². The van der Waals surface area contributed by atoms with Gasteiger partial charge in [0.15, 0.2) is 0 Å². The third kappa shape index (κ3) is 2.84. The number of aliphatic hydroxyl groups is 2. The van der Waals surface area contributed by atoms with Crippen LogP contribution in [0, 0.1) is 5.82 Å². The minimum atomic E-state index is -0.510. The summed E-state index contributed by atoms with van der Waals surface area (Å²) in [4.78, 5) is 4.05. The first-order valence-corrected chi connectivity index (χ1v) is 6.16. The largest absolute Gasteiger partial charge is 0.486 e. The van der Waals surface area contributed by atoms with E-state index in [-0.39, 0.29) is 19.8 Å². The van der Waals surface area contributed by atoms with Crippen molar-refractivity contribution in [1.29, 1.82) is 0 Å². The summed E-state index contributed by atoms with van der Waals surface area (Å²) in [5.41, 5.74) is 0.631. The number of nitrogens with zero attached hydrogens (tertiary/aromatic N) is 1. The Kier molecular flexibility index (Phi) is 4.24. The SMILES string of the molecule is OCc1cc(F)cc(CO)c1OCc1nccs1. The summed E-state index contributed by atoms with van der Waals surface area (Å²) in [7, 11) is 0. The quantitative estimate of drug-likeness (QED) is 0.869. The first-order valence-electron chi connectivity index (χ1n) is 5.28. The van der Waals surface area contributed by atoms with E-state index in [0.717, 1.165) is 5.01 Å². The highest BCUT2D eigenvalue weighted by molar-refractivity contribution is 7.09.